The fourth-order valence-corrected chi connectivity index (χ4v) is 15.9. The van der Waals surface area contributed by atoms with Crippen molar-refractivity contribution in [3.05, 3.63) is 424 Å². The van der Waals surface area contributed by atoms with Gasteiger partial charge in [-0.15, -0.1) is 0 Å². The molecule has 666 valence electrons. The summed E-state index contributed by atoms with van der Waals surface area (Å²) in [6.45, 7) is 16.7. The number of aryl methyl sites for hydroxylation is 3. The third-order valence-electron chi connectivity index (χ3n) is 21.8. The minimum atomic E-state index is -0.406. The van der Waals surface area contributed by atoms with Crippen LogP contribution in [0.4, 0.5) is 4.39 Å². The Bertz CT molecular complexity index is 5570. The Kier molecular flexibility index (Phi) is 36.6. The van der Waals surface area contributed by atoms with Crippen LogP contribution in [0.1, 0.15) is 125 Å². The van der Waals surface area contributed by atoms with Gasteiger partial charge in [-0.25, -0.2) is 34.3 Å². The molecule has 12 aromatic carbocycles. The molecule has 6 unspecified atom stereocenters. The van der Waals surface area contributed by atoms with Crippen LogP contribution in [0, 0.1) is 33.5 Å². The van der Waals surface area contributed by atoms with E-state index in [1.54, 1.807) is 18.2 Å². The van der Waals surface area contributed by atoms with Crippen molar-refractivity contribution in [3.63, 3.8) is 0 Å². The minimum absolute atomic E-state index is 0.0809. The standard InChI is InChI=1S/C19H22N2O.2C18H19ClN2O.C17H16ClFN2O.C17H17ClN2O.C17H18N2O/c1-14-7-6-10-17(15(14)2)18(21-19-20-11-12-22-19)13-16-8-4-3-5-9-16;1-13-4-2-5-14(10-13)11-17(21-18-20-8-9-22-18)15-6-3-7-16(19)12-15;1-13-5-7-14(8-6-13)11-17(21-18-20-9-10-22-18)15-3-2-4-16(19)12-15;18-14-8-4-7-13(16(14)19)15(21-17-20-9-10-22-17)11-12-5-2-1-3-6-12;18-15-8-4-7-14(12-15)16(20-17-19-9-10-21-17)11-13-5-2-1-3-6-13;1-3-7-14(8-4-1)13-16(15-9-5-2-6-10-15)19-17-18-11-12-20-17/h3-10,18H,11-13H2,1-2H3,(H,20,21);2-7,10,12,17H,8-9,11H2,1H3,(H,20,21);2-8,12,17H,9-11H2,1H3,(H,20,21);1-8,15H,9-11H2,(H,20,21);1-8,12,16H,9-11H2,(H,19,20);1-10,16H,11-13H2,(H,18,19). The summed E-state index contributed by atoms with van der Waals surface area (Å²) in [5.41, 5.74) is 19.1. The summed E-state index contributed by atoms with van der Waals surface area (Å²) < 4.78 is 47.3. The Morgan fingerprint density at radius 3 is 0.891 bits per heavy atom. The van der Waals surface area contributed by atoms with Gasteiger partial charge in [0.15, 0.2) is 0 Å². The first-order valence-electron chi connectivity index (χ1n) is 43.8. The van der Waals surface area contributed by atoms with Crippen molar-refractivity contribution in [2.45, 2.75) is 102 Å². The van der Waals surface area contributed by atoms with Gasteiger partial charge < -0.3 is 60.3 Å². The van der Waals surface area contributed by atoms with Crippen LogP contribution in [0.5, 0.6) is 0 Å². The van der Waals surface area contributed by atoms with Gasteiger partial charge in [-0.3, -0.25) is 0 Å². The average Bonchev–Trinajstić information content (AvgIpc) is 1.71. The maximum atomic E-state index is 14.4. The fourth-order valence-electron chi connectivity index (χ4n) is 15.1. The largest absolute Gasteiger partial charge is 0.463 e. The van der Waals surface area contributed by atoms with Gasteiger partial charge in [0.25, 0.3) is 36.1 Å². The number of amidine groups is 6. The smallest absolute Gasteiger partial charge is 0.285 e. The topological polar surface area (TPSA) is 202 Å². The van der Waals surface area contributed by atoms with E-state index in [0.717, 1.165) is 102 Å². The van der Waals surface area contributed by atoms with Gasteiger partial charge >= 0.3 is 0 Å². The average molecular weight is 1810 g/mol. The number of benzene rings is 12. The molecule has 0 amide bonds. The second kappa shape index (κ2) is 50.2. The van der Waals surface area contributed by atoms with Crippen molar-refractivity contribution in [2.24, 2.45) is 30.0 Å². The molecular formula is C106H111Cl4FN12O6. The number of ether oxygens (including phenoxy) is 6. The lowest BCUT2D eigenvalue weighted by atomic mass is 9.93. The number of nitrogens with one attached hydrogen (secondary N) is 6. The number of hydrogen-bond acceptors (Lipinski definition) is 18. The molecule has 0 radical (unpaired) electrons. The maximum absolute atomic E-state index is 14.4. The van der Waals surface area contributed by atoms with Gasteiger partial charge in [0.2, 0.25) is 0 Å². The molecule has 6 aliphatic rings. The molecule has 129 heavy (non-hydrogen) atoms. The summed E-state index contributed by atoms with van der Waals surface area (Å²) in [5, 5.41) is 22.6. The molecule has 18 rings (SSSR count). The first-order chi connectivity index (χ1) is 63.1. The van der Waals surface area contributed by atoms with Crippen LogP contribution in [-0.4, -0.2) is 115 Å². The predicted molar refractivity (Wildman–Crippen MR) is 523 cm³/mol. The highest BCUT2D eigenvalue weighted by molar-refractivity contribution is 6.31. The fraction of sp³-hybridized carbons (Fsp3) is 0.264. The van der Waals surface area contributed by atoms with Crippen LogP contribution in [0.25, 0.3) is 0 Å². The molecule has 0 spiro atoms. The lowest BCUT2D eigenvalue weighted by Crippen LogP contribution is -2.30. The summed E-state index contributed by atoms with van der Waals surface area (Å²) in [4.78, 5) is 25.9. The van der Waals surface area contributed by atoms with Gasteiger partial charge in [0.05, 0.1) is 80.5 Å². The van der Waals surface area contributed by atoms with Crippen molar-refractivity contribution in [1.82, 2.24) is 31.9 Å². The molecule has 18 nitrogen and oxygen atoms in total. The van der Waals surface area contributed by atoms with Crippen molar-refractivity contribution < 1.29 is 32.8 Å². The van der Waals surface area contributed by atoms with Crippen LogP contribution < -0.4 is 31.9 Å². The van der Waals surface area contributed by atoms with Gasteiger partial charge in [0.1, 0.15) is 45.5 Å². The van der Waals surface area contributed by atoms with Gasteiger partial charge in [-0.05, 0) is 181 Å². The first-order valence-corrected chi connectivity index (χ1v) is 45.3. The van der Waals surface area contributed by atoms with Gasteiger partial charge in [-0.2, -0.15) is 0 Å². The SMILES string of the molecule is Cc1ccc(CC(NC2=NCCO2)c2cccc(Cl)c2)cc1.Cc1cccc(C(Cc2ccccc2)NC2=NCCO2)c1C.Cc1cccc(CC(NC2=NCCO2)c2cccc(Cl)c2)c1.Clc1cccc(C(Cc2ccccc2)NC2=NCCO2)c1.Fc1c(Cl)cccc1C(Cc1ccccc1)NC1=NCCO1.c1ccc(CC(NC2=NCCO2)c2ccccc2)cc1. The highest BCUT2D eigenvalue weighted by atomic mass is 35.5. The van der Waals surface area contributed by atoms with E-state index >= 15 is 0 Å². The quantitative estimate of drug-likeness (QED) is 0.0335. The summed E-state index contributed by atoms with van der Waals surface area (Å²) >= 11 is 24.3. The van der Waals surface area contributed by atoms with E-state index < -0.39 is 5.82 Å². The Hall–Kier alpha value is -12.7. The highest BCUT2D eigenvalue weighted by Gasteiger charge is 2.26. The Balaban J connectivity index is 0.000000132. The molecule has 0 aromatic heterocycles. The molecule has 0 saturated carbocycles. The van der Waals surface area contributed by atoms with Crippen LogP contribution in [0.15, 0.2) is 339 Å². The molecule has 0 saturated heterocycles. The molecule has 6 aliphatic heterocycles. The number of aliphatic imine (C=N–C) groups is 6. The summed E-state index contributed by atoms with van der Waals surface area (Å²) in [5.74, 6) is -0.406. The third kappa shape index (κ3) is 30.8. The number of nitrogens with zero attached hydrogens (tertiary/aromatic N) is 6. The molecular weight excluding hydrogens is 1700 g/mol. The maximum Gasteiger partial charge on any atom is 0.285 e. The monoisotopic (exact) mass is 1810 g/mol. The van der Waals surface area contributed by atoms with E-state index in [9.17, 15) is 4.39 Å². The van der Waals surface area contributed by atoms with E-state index in [4.69, 9.17) is 74.8 Å². The van der Waals surface area contributed by atoms with Gasteiger partial charge in [-0.1, -0.05) is 324 Å². The molecule has 0 fully saturated rings. The number of rotatable bonds is 24. The Morgan fingerprint density at radius 2 is 0.543 bits per heavy atom. The molecule has 6 N–H and O–H groups in total. The molecule has 23 heteroatoms. The van der Waals surface area contributed by atoms with Crippen LogP contribution in [0.2, 0.25) is 20.1 Å². The highest BCUT2D eigenvalue weighted by Crippen LogP contribution is 2.31. The zero-order valence-corrected chi connectivity index (χ0v) is 76.2. The summed E-state index contributed by atoms with van der Waals surface area (Å²) in [6.07, 6.45) is 4.98. The number of hydrogen-bond donors (Lipinski definition) is 6. The minimum Gasteiger partial charge on any atom is -0.463 e. The molecule has 6 atom stereocenters. The van der Waals surface area contributed by atoms with E-state index in [2.05, 4.69) is 259 Å². The number of halogens is 5. The second-order valence-corrected chi connectivity index (χ2v) is 33.3. The lowest BCUT2D eigenvalue weighted by Gasteiger charge is -2.22. The molecule has 0 aliphatic carbocycles. The van der Waals surface area contributed by atoms with Crippen molar-refractivity contribution in [1.29, 1.82) is 0 Å². The van der Waals surface area contributed by atoms with E-state index in [-0.39, 0.29) is 41.3 Å². The summed E-state index contributed by atoms with van der Waals surface area (Å²) in [7, 11) is 0. The van der Waals surface area contributed by atoms with E-state index in [1.165, 1.54) is 61.2 Å². The summed E-state index contributed by atoms with van der Waals surface area (Å²) in [6, 6.07) is 108. The van der Waals surface area contributed by atoms with Gasteiger partial charge in [0, 0.05) is 20.6 Å². The second-order valence-electron chi connectivity index (χ2n) is 31.5. The van der Waals surface area contributed by atoms with Crippen molar-refractivity contribution in [2.75, 3.05) is 78.9 Å². The molecule has 12 aromatic rings. The van der Waals surface area contributed by atoms with E-state index in [0.29, 0.717) is 94.3 Å². The first kappa shape index (κ1) is 94.0. The van der Waals surface area contributed by atoms with E-state index in [1.807, 2.05) is 121 Å². The van der Waals surface area contributed by atoms with Crippen LogP contribution in [0.3, 0.4) is 0 Å². The lowest BCUT2D eigenvalue weighted by molar-refractivity contribution is 0.324. The Labute approximate surface area is 777 Å². The predicted octanol–water partition coefficient (Wildman–Crippen LogP) is 21.7. The zero-order valence-electron chi connectivity index (χ0n) is 73.2. The normalized spacial score (nSPS) is 15.1. The van der Waals surface area contributed by atoms with Crippen molar-refractivity contribution in [3.8, 4) is 0 Å². The van der Waals surface area contributed by atoms with Crippen LogP contribution in [-0.2, 0) is 66.9 Å². The van der Waals surface area contributed by atoms with Crippen LogP contribution >= 0.6 is 46.4 Å². The molecule has 0 bridgehead atoms. The molecule has 6 heterocycles. The third-order valence-corrected chi connectivity index (χ3v) is 22.8. The zero-order chi connectivity index (χ0) is 89.6. The van der Waals surface area contributed by atoms with Crippen molar-refractivity contribution >= 4 is 82.5 Å². The Morgan fingerprint density at radius 1 is 0.264 bits per heavy atom.